The molecule has 1 aliphatic heterocycles. The van der Waals surface area contributed by atoms with Crippen molar-refractivity contribution < 1.29 is 20.4 Å². The molecule has 0 aromatic heterocycles. The largest absolute Gasteiger partial charge is 0.391 e. The highest BCUT2D eigenvalue weighted by molar-refractivity contribution is 7.80. The quantitative estimate of drug-likeness (QED) is 0.238. The van der Waals surface area contributed by atoms with Crippen LogP contribution in [0.25, 0.3) is 0 Å². The summed E-state index contributed by atoms with van der Waals surface area (Å²) in [4.78, 5) is 0. The van der Waals surface area contributed by atoms with E-state index < -0.39 is 30.6 Å². The van der Waals surface area contributed by atoms with Gasteiger partial charge in [0, 0.05) is 0 Å². The van der Waals surface area contributed by atoms with E-state index in [0.29, 0.717) is 0 Å². The van der Waals surface area contributed by atoms with Crippen molar-refractivity contribution in [1.29, 1.82) is 0 Å². The van der Waals surface area contributed by atoms with Crippen LogP contribution in [0.4, 0.5) is 0 Å². The van der Waals surface area contributed by atoms with Crippen LogP contribution in [0.1, 0.15) is 6.92 Å². The van der Waals surface area contributed by atoms with Crippen LogP contribution >= 0.6 is 12.2 Å². The molecule has 94 valence electrons. The van der Waals surface area contributed by atoms with Crippen LogP contribution in [-0.4, -0.2) is 56.1 Å². The first-order valence-electron chi connectivity index (χ1n) is 4.72. The molecule has 0 spiro atoms. The molecule has 1 aliphatic rings. The summed E-state index contributed by atoms with van der Waals surface area (Å²) in [5, 5.41) is 37.9. The second-order valence-corrected chi connectivity index (χ2v) is 3.97. The fraction of sp³-hybridized carbons (Fsp3) is 0.857. The fourth-order valence-corrected chi connectivity index (χ4v) is 1.33. The summed E-state index contributed by atoms with van der Waals surface area (Å²) in [5.41, 5.74) is 10.2. The van der Waals surface area contributed by atoms with Gasteiger partial charge in [0.2, 0.25) is 0 Å². The Morgan fingerprint density at radius 2 is 1.56 bits per heavy atom. The molecule has 4 atom stereocenters. The van der Waals surface area contributed by atoms with Crippen LogP contribution in [-0.2, 0) is 0 Å². The molecule has 1 fully saturated rings. The number of hydrazine groups is 2. The van der Waals surface area contributed by atoms with E-state index in [0.717, 1.165) is 0 Å². The molecule has 0 bridgehead atoms. The smallest absolute Gasteiger partial charge is 0.195 e. The lowest BCUT2D eigenvalue weighted by Crippen LogP contribution is -2.71. The molecule has 0 aromatic rings. The van der Waals surface area contributed by atoms with E-state index in [1.54, 1.807) is 0 Å². The summed E-state index contributed by atoms with van der Waals surface area (Å²) < 4.78 is 0. The minimum Gasteiger partial charge on any atom is -0.391 e. The molecule has 0 aliphatic carbocycles. The van der Waals surface area contributed by atoms with Gasteiger partial charge in [-0.15, -0.1) is 0 Å². The summed E-state index contributed by atoms with van der Waals surface area (Å²) in [6, 6.07) is 0. The number of thiocarbonyl (C=S) groups is 1. The number of hydrogen-bond acceptors (Lipinski definition) is 7. The Morgan fingerprint density at radius 3 is 2.00 bits per heavy atom. The lowest BCUT2D eigenvalue weighted by molar-refractivity contribution is -0.113. The van der Waals surface area contributed by atoms with Crippen molar-refractivity contribution in [3.05, 3.63) is 0 Å². The maximum absolute atomic E-state index is 9.68. The monoisotopic (exact) mass is 252 g/mol. The minimum absolute atomic E-state index is 0.286. The van der Waals surface area contributed by atoms with Gasteiger partial charge >= 0.3 is 0 Å². The number of aliphatic hydroxyl groups excluding tert-OH is 4. The van der Waals surface area contributed by atoms with Crippen LogP contribution in [0.2, 0.25) is 0 Å². The third-order valence-corrected chi connectivity index (χ3v) is 2.42. The number of hydrogen-bond donors (Lipinski definition) is 8. The van der Waals surface area contributed by atoms with Gasteiger partial charge in [-0.25, -0.2) is 10.9 Å². The zero-order chi connectivity index (χ0) is 12.3. The molecule has 1 rings (SSSR count). The summed E-state index contributed by atoms with van der Waals surface area (Å²) >= 11 is 4.72. The van der Waals surface area contributed by atoms with Crippen LogP contribution in [0.15, 0.2) is 0 Å². The summed E-state index contributed by atoms with van der Waals surface area (Å²) in [5.74, 6) is 0. The molecule has 0 radical (unpaired) electrons. The standard InChI is InChI=1S/C7H16N4O4S/c1-2(12)3(13)4(14)5(15)6-8-10-7(16)11-9-6/h2-6,8-9,12-15H,1H3,(H2,10,11,16). The van der Waals surface area contributed by atoms with Gasteiger partial charge in [-0.1, -0.05) is 0 Å². The van der Waals surface area contributed by atoms with E-state index in [2.05, 4.69) is 21.7 Å². The van der Waals surface area contributed by atoms with Crippen LogP contribution in [0.5, 0.6) is 0 Å². The number of nitrogens with one attached hydrogen (secondary N) is 4. The van der Waals surface area contributed by atoms with Crippen LogP contribution in [0, 0.1) is 0 Å². The molecule has 0 aromatic carbocycles. The van der Waals surface area contributed by atoms with E-state index in [9.17, 15) is 15.3 Å². The van der Waals surface area contributed by atoms with E-state index in [-0.39, 0.29) is 5.11 Å². The second kappa shape index (κ2) is 5.68. The highest BCUT2D eigenvalue weighted by Gasteiger charge is 2.34. The second-order valence-electron chi connectivity index (χ2n) is 3.56. The molecule has 16 heavy (non-hydrogen) atoms. The predicted molar refractivity (Wildman–Crippen MR) is 58.6 cm³/mol. The highest BCUT2D eigenvalue weighted by Crippen LogP contribution is 2.07. The first kappa shape index (κ1) is 13.5. The van der Waals surface area contributed by atoms with Gasteiger partial charge in [0.05, 0.1) is 6.10 Å². The van der Waals surface area contributed by atoms with Gasteiger partial charge < -0.3 is 20.4 Å². The van der Waals surface area contributed by atoms with Crippen molar-refractivity contribution in [1.82, 2.24) is 21.7 Å². The van der Waals surface area contributed by atoms with Crippen LogP contribution < -0.4 is 21.7 Å². The van der Waals surface area contributed by atoms with Crippen LogP contribution in [0.3, 0.4) is 0 Å². The van der Waals surface area contributed by atoms with Gasteiger partial charge in [-0.05, 0) is 19.1 Å². The summed E-state index contributed by atoms with van der Waals surface area (Å²) in [6.45, 7) is 1.31. The van der Waals surface area contributed by atoms with E-state index in [1.165, 1.54) is 6.92 Å². The molecule has 0 saturated carbocycles. The molecule has 8 nitrogen and oxygen atoms in total. The lowest BCUT2D eigenvalue weighted by atomic mass is 10.0. The van der Waals surface area contributed by atoms with E-state index in [1.807, 2.05) is 0 Å². The van der Waals surface area contributed by atoms with Crippen molar-refractivity contribution in [3.63, 3.8) is 0 Å². The lowest BCUT2D eigenvalue weighted by Gasteiger charge is -2.34. The molecule has 1 saturated heterocycles. The Bertz CT molecular complexity index is 245. The average molecular weight is 252 g/mol. The summed E-state index contributed by atoms with van der Waals surface area (Å²) in [6.07, 6.45) is -6.19. The van der Waals surface area contributed by atoms with Crippen molar-refractivity contribution in [2.45, 2.75) is 37.5 Å². The fourth-order valence-electron chi connectivity index (χ4n) is 1.21. The van der Waals surface area contributed by atoms with Crippen molar-refractivity contribution in [2.24, 2.45) is 0 Å². The van der Waals surface area contributed by atoms with E-state index >= 15 is 0 Å². The number of rotatable bonds is 4. The Morgan fingerprint density at radius 1 is 1.06 bits per heavy atom. The van der Waals surface area contributed by atoms with Crippen molar-refractivity contribution in [3.8, 4) is 0 Å². The normalized spacial score (nSPS) is 25.2. The summed E-state index contributed by atoms with van der Waals surface area (Å²) in [7, 11) is 0. The third kappa shape index (κ3) is 3.22. The molecule has 1 heterocycles. The highest BCUT2D eigenvalue weighted by atomic mass is 32.1. The molecule has 0 amide bonds. The Hall–Kier alpha value is -0.550. The third-order valence-electron chi connectivity index (χ3n) is 2.22. The maximum atomic E-state index is 9.68. The average Bonchev–Trinajstić information content (AvgIpc) is 2.27. The van der Waals surface area contributed by atoms with Crippen molar-refractivity contribution >= 4 is 17.3 Å². The molecule has 9 heteroatoms. The van der Waals surface area contributed by atoms with Gasteiger partial charge in [0.25, 0.3) is 0 Å². The van der Waals surface area contributed by atoms with Gasteiger partial charge in [-0.3, -0.25) is 10.9 Å². The van der Waals surface area contributed by atoms with Gasteiger partial charge in [0.15, 0.2) is 5.11 Å². The molecule has 4 unspecified atom stereocenters. The molecular weight excluding hydrogens is 236 g/mol. The zero-order valence-corrected chi connectivity index (χ0v) is 9.40. The maximum Gasteiger partial charge on any atom is 0.195 e. The predicted octanol–water partition coefficient (Wildman–Crippen LogP) is -3.74. The van der Waals surface area contributed by atoms with Gasteiger partial charge in [0.1, 0.15) is 24.5 Å². The number of aliphatic hydroxyl groups is 4. The Balaban J connectivity index is 2.50. The first-order chi connectivity index (χ1) is 7.43. The van der Waals surface area contributed by atoms with E-state index in [4.69, 9.17) is 17.3 Å². The minimum atomic E-state index is -1.50. The Kier molecular flexibility index (Phi) is 4.80. The van der Waals surface area contributed by atoms with Crippen molar-refractivity contribution in [2.75, 3.05) is 0 Å². The van der Waals surface area contributed by atoms with Gasteiger partial charge in [-0.2, -0.15) is 0 Å². The zero-order valence-electron chi connectivity index (χ0n) is 8.58. The first-order valence-corrected chi connectivity index (χ1v) is 5.13. The molecule has 8 N–H and O–H groups in total. The Labute approximate surface area is 97.6 Å². The topological polar surface area (TPSA) is 129 Å². The molecular formula is C7H16N4O4S. The SMILES string of the molecule is CC(O)C(O)C(O)C(O)C1NNC(=S)NN1.